The highest BCUT2D eigenvalue weighted by Gasteiger charge is 2.52. The Morgan fingerprint density at radius 3 is 2.24 bits per heavy atom. The summed E-state index contributed by atoms with van der Waals surface area (Å²) in [4.78, 5) is 0. The fourth-order valence-corrected chi connectivity index (χ4v) is 3.07. The van der Waals surface area contributed by atoms with Gasteiger partial charge in [0.15, 0.2) is 0 Å². The Kier molecular flexibility index (Phi) is 3.21. The molecule has 0 radical (unpaired) electrons. The smallest absolute Gasteiger partial charge is 0.399 e. The summed E-state index contributed by atoms with van der Waals surface area (Å²) < 4.78 is 14.0. The number of rotatable bonds is 1. The normalized spacial score (nSPS) is 20.4. The fraction of sp³-hybridized carbons (Fsp3) is 0.533. The molecule has 0 aliphatic carbocycles. The first kappa shape index (κ1) is 14.9. The second-order valence-corrected chi connectivity index (χ2v) is 7.13. The van der Waals surface area contributed by atoms with Crippen LogP contribution in [0.15, 0.2) is 12.1 Å². The highest BCUT2D eigenvalue weighted by molar-refractivity contribution is 7.78. The Bertz CT molecular complexity index is 708. The topological polar surface area (TPSA) is 36.3 Å². The van der Waals surface area contributed by atoms with Crippen LogP contribution in [0.25, 0.3) is 10.9 Å². The SMILES string of the molecule is Cc1ccc2c(c(C)nn2S)c1B1OC(C)(C)C(C)(C)O1. The van der Waals surface area contributed by atoms with Crippen molar-refractivity contribution < 1.29 is 9.31 Å². The molecule has 1 aromatic carbocycles. The van der Waals surface area contributed by atoms with Crippen molar-refractivity contribution in [3.8, 4) is 0 Å². The van der Waals surface area contributed by atoms with Crippen LogP contribution in [-0.4, -0.2) is 27.5 Å². The van der Waals surface area contributed by atoms with Crippen LogP contribution in [-0.2, 0) is 9.31 Å². The molecule has 0 bridgehead atoms. The van der Waals surface area contributed by atoms with E-state index in [4.69, 9.17) is 9.31 Å². The highest BCUT2D eigenvalue weighted by Crippen LogP contribution is 2.37. The monoisotopic (exact) mass is 304 g/mol. The lowest BCUT2D eigenvalue weighted by Gasteiger charge is -2.32. The van der Waals surface area contributed by atoms with Crippen molar-refractivity contribution in [2.45, 2.75) is 52.7 Å². The number of hydrogen-bond acceptors (Lipinski definition) is 4. The quantitative estimate of drug-likeness (QED) is 0.650. The number of nitrogens with zero attached hydrogens (tertiary/aromatic N) is 2. The van der Waals surface area contributed by atoms with Crippen LogP contribution in [0.5, 0.6) is 0 Å². The molecule has 0 spiro atoms. The second-order valence-electron chi connectivity index (χ2n) is 6.75. The zero-order chi connectivity index (χ0) is 15.6. The molecule has 4 nitrogen and oxygen atoms in total. The molecule has 3 rings (SSSR count). The molecule has 112 valence electrons. The summed E-state index contributed by atoms with van der Waals surface area (Å²) >= 11 is 4.39. The molecule has 1 aromatic heterocycles. The van der Waals surface area contributed by atoms with E-state index in [1.54, 1.807) is 4.09 Å². The molecule has 0 N–H and O–H groups in total. The van der Waals surface area contributed by atoms with Gasteiger partial charge in [-0.2, -0.15) is 5.10 Å². The molecule has 1 aliphatic heterocycles. The van der Waals surface area contributed by atoms with Gasteiger partial charge in [0.25, 0.3) is 0 Å². The maximum atomic E-state index is 6.22. The number of fused-ring (bicyclic) bond motifs is 1. The average Bonchev–Trinajstić information content (AvgIpc) is 2.74. The predicted octanol–water partition coefficient (Wildman–Crippen LogP) is 2.65. The molecule has 0 atom stereocenters. The summed E-state index contributed by atoms with van der Waals surface area (Å²) in [5.41, 5.74) is 3.42. The van der Waals surface area contributed by atoms with Crippen LogP contribution in [0.1, 0.15) is 39.0 Å². The lowest BCUT2D eigenvalue weighted by atomic mass is 9.73. The van der Waals surface area contributed by atoms with Gasteiger partial charge in [0, 0.05) is 5.39 Å². The Hall–Kier alpha value is -0.975. The lowest BCUT2D eigenvalue weighted by Crippen LogP contribution is -2.41. The molecular weight excluding hydrogens is 283 g/mol. The standard InChI is InChI=1S/C15H21BN2O2S/c1-9-7-8-11-12(10(2)17-18(11)21)13(9)16-19-14(3,4)15(5,6)20-16/h7-8,21H,1-6H3. The third-order valence-electron chi connectivity index (χ3n) is 4.75. The summed E-state index contributed by atoms with van der Waals surface area (Å²) in [6.45, 7) is 12.3. The van der Waals surface area contributed by atoms with Gasteiger partial charge in [-0.1, -0.05) is 11.6 Å². The van der Waals surface area contributed by atoms with Crippen molar-refractivity contribution in [1.82, 2.24) is 9.19 Å². The first-order valence-corrected chi connectivity index (χ1v) is 7.58. The van der Waals surface area contributed by atoms with Gasteiger partial charge in [0.05, 0.1) is 22.4 Å². The van der Waals surface area contributed by atoms with Crippen LogP contribution in [0.4, 0.5) is 0 Å². The number of aromatic nitrogens is 2. The van der Waals surface area contributed by atoms with E-state index in [9.17, 15) is 0 Å². The Morgan fingerprint density at radius 2 is 1.67 bits per heavy atom. The van der Waals surface area contributed by atoms with Crippen molar-refractivity contribution in [1.29, 1.82) is 0 Å². The predicted molar refractivity (Wildman–Crippen MR) is 89.3 cm³/mol. The van der Waals surface area contributed by atoms with Gasteiger partial charge in [0.2, 0.25) is 0 Å². The lowest BCUT2D eigenvalue weighted by molar-refractivity contribution is 0.00578. The minimum absolute atomic E-state index is 0.350. The first-order valence-electron chi connectivity index (χ1n) is 7.18. The van der Waals surface area contributed by atoms with E-state index < -0.39 is 0 Å². The molecule has 2 heterocycles. The number of aryl methyl sites for hydroxylation is 2. The minimum atomic E-state index is -0.380. The summed E-state index contributed by atoms with van der Waals surface area (Å²) in [5.74, 6) is 0. The van der Waals surface area contributed by atoms with Gasteiger partial charge in [-0.3, -0.25) is 0 Å². The van der Waals surface area contributed by atoms with Gasteiger partial charge in [-0.05, 0) is 65.9 Å². The van der Waals surface area contributed by atoms with E-state index in [-0.39, 0.29) is 18.3 Å². The summed E-state index contributed by atoms with van der Waals surface area (Å²) in [7, 11) is -0.380. The van der Waals surface area contributed by atoms with Crippen LogP contribution >= 0.6 is 12.8 Å². The molecule has 0 unspecified atom stereocenters. The van der Waals surface area contributed by atoms with Crippen molar-refractivity contribution in [3.05, 3.63) is 23.4 Å². The highest BCUT2D eigenvalue weighted by atomic mass is 32.1. The molecule has 1 fully saturated rings. The Balaban J connectivity index is 2.20. The van der Waals surface area contributed by atoms with E-state index >= 15 is 0 Å². The van der Waals surface area contributed by atoms with Crippen LogP contribution < -0.4 is 5.46 Å². The van der Waals surface area contributed by atoms with E-state index in [1.807, 2.05) is 13.0 Å². The maximum absolute atomic E-state index is 6.22. The molecular formula is C15H21BN2O2S. The number of benzene rings is 1. The van der Waals surface area contributed by atoms with Crippen molar-refractivity contribution in [2.24, 2.45) is 0 Å². The third-order valence-corrected chi connectivity index (χ3v) is 5.06. The molecule has 0 saturated carbocycles. The first-order chi connectivity index (χ1) is 9.64. The Labute approximate surface area is 131 Å². The maximum Gasteiger partial charge on any atom is 0.495 e. The summed E-state index contributed by atoms with van der Waals surface area (Å²) in [5, 5.41) is 5.48. The second kappa shape index (κ2) is 4.51. The Morgan fingerprint density at radius 1 is 1.10 bits per heavy atom. The third kappa shape index (κ3) is 2.12. The van der Waals surface area contributed by atoms with E-state index in [2.05, 4.69) is 58.6 Å². The van der Waals surface area contributed by atoms with Gasteiger partial charge in [0.1, 0.15) is 0 Å². The van der Waals surface area contributed by atoms with Crippen LogP contribution in [0, 0.1) is 13.8 Å². The molecule has 6 heteroatoms. The van der Waals surface area contributed by atoms with E-state index in [0.29, 0.717) is 0 Å². The zero-order valence-corrected chi connectivity index (χ0v) is 14.3. The summed E-state index contributed by atoms with van der Waals surface area (Å²) in [6, 6.07) is 4.10. The largest absolute Gasteiger partial charge is 0.495 e. The molecule has 0 amide bonds. The van der Waals surface area contributed by atoms with E-state index in [0.717, 1.165) is 27.6 Å². The molecule has 1 saturated heterocycles. The number of hydrogen-bond donors (Lipinski definition) is 1. The van der Waals surface area contributed by atoms with Gasteiger partial charge in [-0.25, -0.2) is 4.09 Å². The van der Waals surface area contributed by atoms with E-state index in [1.165, 1.54) is 0 Å². The van der Waals surface area contributed by atoms with Crippen LogP contribution in [0.3, 0.4) is 0 Å². The average molecular weight is 304 g/mol. The number of thiol groups is 1. The summed E-state index contributed by atoms with van der Waals surface area (Å²) in [6.07, 6.45) is 0. The van der Waals surface area contributed by atoms with Crippen molar-refractivity contribution >= 4 is 36.3 Å². The molecule has 2 aromatic rings. The molecule has 1 aliphatic rings. The van der Waals surface area contributed by atoms with Crippen molar-refractivity contribution in [3.63, 3.8) is 0 Å². The van der Waals surface area contributed by atoms with Crippen molar-refractivity contribution in [2.75, 3.05) is 0 Å². The minimum Gasteiger partial charge on any atom is -0.399 e. The fourth-order valence-electron chi connectivity index (χ4n) is 2.77. The van der Waals surface area contributed by atoms with Gasteiger partial charge in [-0.15, -0.1) is 0 Å². The van der Waals surface area contributed by atoms with Gasteiger partial charge >= 0.3 is 7.12 Å². The van der Waals surface area contributed by atoms with Crippen LogP contribution in [0.2, 0.25) is 0 Å². The zero-order valence-electron chi connectivity index (χ0n) is 13.4. The molecule has 21 heavy (non-hydrogen) atoms. The van der Waals surface area contributed by atoms with Gasteiger partial charge < -0.3 is 9.31 Å².